The van der Waals surface area contributed by atoms with E-state index in [2.05, 4.69) is 15.9 Å². The molecule has 0 unspecified atom stereocenters. The van der Waals surface area contributed by atoms with Gasteiger partial charge in [-0.15, -0.1) is 0 Å². The lowest BCUT2D eigenvalue weighted by Gasteiger charge is -2.19. The summed E-state index contributed by atoms with van der Waals surface area (Å²) < 4.78 is 6.63. The Bertz CT molecular complexity index is 431. The molecule has 0 fully saturated rings. The summed E-state index contributed by atoms with van der Waals surface area (Å²) in [6, 6.07) is 2.87. The van der Waals surface area contributed by atoms with Crippen LogP contribution in [0.3, 0.4) is 0 Å². The highest BCUT2D eigenvalue weighted by Crippen LogP contribution is 2.10. The van der Waals surface area contributed by atoms with Crippen LogP contribution in [0.4, 0.5) is 4.79 Å². The summed E-state index contributed by atoms with van der Waals surface area (Å²) in [4.78, 5) is 22.9. The van der Waals surface area contributed by atoms with Crippen molar-refractivity contribution in [1.29, 1.82) is 0 Å². The number of aromatic nitrogens is 1. The van der Waals surface area contributed by atoms with E-state index in [0.29, 0.717) is 4.47 Å². The van der Waals surface area contributed by atoms with Crippen molar-refractivity contribution in [2.75, 3.05) is 0 Å². The Hall–Kier alpha value is -1.10. The van der Waals surface area contributed by atoms with E-state index in [-0.39, 0.29) is 0 Å². The summed E-state index contributed by atoms with van der Waals surface area (Å²) in [5.41, 5.74) is -1.02. The Balaban J connectivity index is 3.02. The fourth-order valence-corrected chi connectivity index (χ4v) is 1.25. The maximum Gasteiger partial charge on any atom is 0.421 e. The van der Waals surface area contributed by atoms with Crippen molar-refractivity contribution in [3.63, 3.8) is 0 Å². The Morgan fingerprint density at radius 2 is 2.00 bits per heavy atom. The van der Waals surface area contributed by atoms with Crippen LogP contribution in [0, 0.1) is 0 Å². The molecule has 0 atom stereocenters. The van der Waals surface area contributed by atoms with Gasteiger partial charge in [-0.05, 0) is 42.8 Å². The van der Waals surface area contributed by atoms with Gasteiger partial charge in [-0.25, -0.2) is 9.36 Å². The van der Waals surface area contributed by atoms with E-state index in [4.69, 9.17) is 4.74 Å². The molecular weight excluding hydrogens is 262 g/mol. The fraction of sp³-hybridized carbons (Fsp3) is 0.400. The van der Waals surface area contributed by atoms with Crippen molar-refractivity contribution in [3.8, 4) is 0 Å². The van der Waals surface area contributed by atoms with Crippen LogP contribution in [-0.2, 0) is 4.74 Å². The van der Waals surface area contributed by atoms with Crippen LogP contribution in [0.15, 0.2) is 27.6 Å². The quantitative estimate of drug-likeness (QED) is 0.729. The molecule has 0 spiro atoms. The lowest BCUT2D eigenvalue weighted by atomic mass is 10.2. The third-order valence-electron chi connectivity index (χ3n) is 1.47. The lowest BCUT2D eigenvalue weighted by Crippen LogP contribution is -2.32. The number of carbonyl (C=O) groups is 1. The molecule has 1 rings (SSSR count). The highest BCUT2D eigenvalue weighted by molar-refractivity contribution is 9.10. The van der Waals surface area contributed by atoms with Crippen molar-refractivity contribution in [2.24, 2.45) is 0 Å². The number of pyridine rings is 1. The molecule has 0 saturated carbocycles. The molecule has 0 aliphatic heterocycles. The van der Waals surface area contributed by atoms with Gasteiger partial charge in [0.25, 0.3) is 5.56 Å². The Labute approximate surface area is 96.0 Å². The number of carbonyl (C=O) groups excluding carboxylic acids is 1. The van der Waals surface area contributed by atoms with Crippen molar-refractivity contribution in [1.82, 2.24) is 4.57 Å². The van der Waals surface area contributed by atoms with Gasteiger partial charge in [-0.2, -0.15) is 0 Å². The standard InChI is InChI=1S/C10H12BrNO3/c1-10(2,3)15-9(14)12-6-7(11)4-5-8(12)13/h4-6H,1-3H3. The van der Waals surface area contributed by atoms with Crippen molar-refractivity contribution < 1.29 is 9.53 Å². The first-order chi connectivity index (χ1) is 6.79. The minimum absolute atomic E-state index is 0.410. The number of ether oxygens (including phenoxy) is 1. The van der Waals surface area contributed by atoms with Gasteiger partial charge in [0.05, 0.1) is 0 Å². The molecule has 0 N–H and O–H groups in total. The molecule has 5 heteroatoms. The first kappa shape index (κ1) is 12.0. The second-order valence-corrected chi connectivity index (χ2v) is 4.95. The third-order valence-corrected chi connectivity index (χ3v) is 1.93. The molecule has 1 heterocycles. The molecule has 0 bridgehead atoms. The van der Waals surface area contributed by atoms with Crippen molar-refractivity contribution in [2.45, 2.75) is 26.4 Å². The highest BCUT2D eigenvalue weighted by atomic mass is 79.9. The molecule has 0 aliphatic rings. The summed E-state index contributed by atoms with van der Waals surface area (Å²) in [5.74, 6) is 0. The summed E-state index contributed by atoms with van der Waals surface area (Å²) in [6.07, 6.45) is 0.713. The molecule has 0 radical (unpaired) electrons. The topological polar surface area (TPSA) is 48.3 Å². The van der Waals surface area contributed by atoms with E-state index >= 15 is 0 Å². The van der Waals surface area contributed by atoms with Gasteiger partial charge in [0.1, 0.15) is 5.60 Å². The summed E-state index contributed by atoms with van der Waals surface area (Å²) in [7, 11) is 0. The van der Waals surface area contributed by atoms with E-state index in [1.54, 1.807) is 26.8 Å². The average Bonchev–Trinajstić information content (AvgIpc) is 2.06. The maximum atomic E-state index is 11.6. The highest BCUT2D eigenvalue weighted by Gasteiger charge is 2.18. The zero-order valence-corrected chi connectivity index (χ0v) is 10.4. The van der Waals surface area contributed by atoms with Gasteiger partial charge in [0.2, 0.25) is 0 Å². The van der Waals surface area contributed by atoms with Crippen molar-refractivity contribution in [3.05, 3.63) is 33.2 Å². The molecular formula is C10H12BrNO3. The normalized spacial score (nSPS) is 11.2. The van der Waals surface area contributed by atoms with Crippen LogP contribution in [0.5, 0.6) is 0 Å². The molecule has 0 saturated heterocycles. The lowest BCUT2D eigenvalue weighted by molar-refractivity contribution is 0.0530. The predicted molar refractivity (Wildman–Crippen MR) is 60.0 cm³/mol. The average molecular weight is 274 g/mol. The van der Waals surface area contributed by atoms with E-state index in [1.807, 2.05) is 0 Å². The number of hydrogen-bond donors (Lipinski definition) is 0. The van der Waals surface area contributed by atoms with Gasteiger partial charge < -0.3 is 4.74 Å². The van der Waals surface area contributed by atoms with E-state index in [1.165, 1.54) is 12.3 Å². The molecule has 0 amide bonds. The maximum absolute atomic E-state index is 11.6. The van der Waals surface area contributed by atoms with Gasteiger partial charge >= 0.3 is 6.09 Å². The zero-order chi connectivity index (χ0) is 11.6. The van der Waals surface area contributed by atoms with Gasteiger partial charge in [0.15, 0.2) is 0 Å². The SMILES string of the molecule is CC(C)(C)OC(=O)n1cc(Br)ccc1=O. The molecule has 1 aromatic heterocycles. The summed E-state index contributed by atoms with van der Waals surface area (Å²) >= 11 is 3.18. The molecule has 0 aliphatic carbocycles. The van der Waals surface area contributed by atoms with Crippen LogP contribution in [-0.4, -0.2) is 16.3 Å². The minimum atomic E-state index is -0.672. The first-order valence-electron chi connectivity index (χ1n) is 4.41. The molecule has 4 nitrogen and oxygen atoms in total. The van der Waals surface area contributed by atoms with E-state index in [9.17, 15) is 9.59 Å². The number of hydrogen-bond acceptors (Lipinski definition) is 3. The fourth-order valence-electron chi connectivity index (χ4n) is 0.915. The van der Waals surface area contributed by atoms with Gasteiger partial charge in [-0.1, -0.05) is 0 Å². The smallest absolute Gasteiger partial charge is 0.421 e. The molecule has 1 aromatic rings. The zero-order valence-electron chi connectivity index (χ0n) is 8.78. The van der Waals surface area contributed by atoms with Gasteiger partial charge in [0, 0.05) is 16.7 Å². The molecule has 15 heavy (non-hydrogen) atoms. The monoisotopic (exact) mass is 273 g/mol. The third kappa shape index (κ3) is 3.51. The van der Waals surface area contributed by atoms with Crippen molar-refractivity contribution >= 4 is 22.0 Å². The number of rotatable bonds is 0. The van der Waals surface area contributed by atoms with Crippen LogP contribution >= 0.6 is 15.9 Å². The number of nitrogens with zero attached hydrogens (tertiary/aromatic N) is 1. The molecule has 0 aromatic carbocycles. The van der Waals surface area contributed by atoms with Crippen LogP contribution in [0.2, 0.25) is 0 Å². The second kappa shape index (κ2) is 4.18. The van der Waals surface area contributed by atoms with Crippen LogP contribution in [0.25, 0.3) is 0 Å². The Morgan fingerprint density at radius 1 is 1.40 bits per heavy atom. The Kier molecular flexibility index (Phi) is 3.34. The summed E-state index contributed by atoms with van der Waals surface area (Å²) in [5, 5.41) is 0. The van der Waals surface area contributed by atoms with E-state index < -0.39 is 17.3 Å². The first-order valence-corrected chi connectivity index (χ1v) is 5.20. The van der Waals surface area contributed by atoms with Crippen LogP contribution < -0.4 is 5.56 Å². The van der Waals surface area contributed by atoms with Gasteiger partial charge in [-0.3, -0.25) is 4.79 Å². The molecule has 82 valence electrons. The number of halogens is 1. The van der Waals surface area contributed by atoms with E-state index in [0.717, 1.165) is 4.57 Å². The predicted octanol–water partition coefficient (Wildman–Crippen LogP) is 2.39. The summed E-state index contributed by atoms with van der Waals surface area (Å²) in [6.45, 7) is 5.23. The second-order valence-electron chi connectivity index (χ2n) is 4.04. The Morgan fingerprint density at radius 3 is 2.53 bits per heavy atom. The van der Waals surface area contributed by atoms with Crippen LogP contribution in [0.1, 0.15) is 20.8 Å². The largest absolute Gasteiger partial charge is 0.443 e. The minimum Gasteiger partial charge on any atom is -0.443 e.